The van der Waals surface area contributed by atoms with Crippen molar-refractivity contribution >= 4 is 41.1 Å². The van der Waals surface area contributed by atoms with Gasteiger partial charge in [-0.1, -0.05) is 41.5 Å². The van der Waals surface area contributed by atoms with Crippen molar-refractivity contribution in [1.29, 1.82) is 0 Å². The first-order valence-electron chi connectivity index (χ1n) is 13.7. The maximum absolute atomic E-state index is 13.1. The number of aliphatic carboxylic acids is 2. The number of nitrogens with zero attached hydrogens (tertiary/aromatic N) is 2. The molecule has 0 fully saturated rings. The molecule has 10 nitrogen and oxygen atoms in total. The summed E-state index contributed by atoms with van der Waals surface area (Å²) in [7, 11) is 2.56. The zero-order valence-electron chi connectivity index (χ0n) is 25.7. The highest BCUT2D eigenvalue weighted by molar-refractivity contribution is 6.10. The third-order valence-electron chi connectivity index (χ3n) is 7.39. The first-order valence-corrected chi connectivity index (χ1v) is 13.7. The molecule has 2 aliphatic carbocycles. The van der Waals surface area contributed by atoms with Crippen molar-refractivity contribution in [2.45, 2.75) is 60.0 Å². The molecule has 0 bridgehead atoms. The number of aromatic nitrogens is 2. The van der Waals surface area contributed by atoms with Crippen molar-refractivity contribution in [1.82, 2.24) is 4.57 Å². The lowest BCUT2D eigenvalue weighted by Gasteiger charge is -2.22. The molecule has 0 unspecified atom stereocenters. The van der Waals surface area contributed by atoms with E-state index in [0.29, 0.717) is 27.8 Å². The van der Waals surface area contributed by atoms with Gasteiger partial charge in [0.15, 0.2) is 12.4 Å². The van der Waals surface area contributed by atoms with Crippen LogP contribution in [0.5, 0.6) is 0 Å². The van der Waals surface area contributed by atoms with E-state index in [0.717, 1.165) is 16.7 Å². The molecule has 226 valence electrons. The van der Waals surface area contributed by atoms with Crippen molar-refractivity contribution < 1.29 is 43.4 Å². The summed E-state index contributed by atoms with van der Waals surface area (Å²) in [6, 6.07) is 1.98. The first-order chi connectivity index (χ1) is 20.0. The van der Waals surface area contributed by atoms with Crippen molar-refractivity contribution in [3.05, 3.63) is 70.3 Å². The van der Waals surface area contributed by atoms with Gasteiger partial charge in [0.25, 0.3) is 0 Å². The quantitative estimate of drug-likeness (QED) is 0.293. The van der Waals surface area contributed by atoms with Crippen molar-refractivity contribution in [2.75, 3.05) is 14.2 Å². The van der Waals surface area contributed by atoms with E-state index in [-0.39, 0.29) is 29.6 Å². The summed E-state index contributed by atoms with van der Waals surface area (Å²) in [6.07, 6.45) is 10.3. The third-order valence-corrected chi connectivity index (χ3v) is 7.39. The lowest BCUT2D eigenvalue weighted by molar-refractivity contribution is -0.686. The first kappa shape index (κ1) is 31.2. The fraction of sp³-hybridized carbons (Fsp3) is 0.364. The average Bonchev–Trinajstić information content (AvgIpc) is 3.45. The molecule has 0 saturated heterocycles. The summed E-state index contributed by atoms with van der Waals surface area (Å²) in [5, 5.41) is 19.0. The fourth-order valence-corrected chi connectivity index (χ4v) is 5.56. The minimum Gasteiger partial charge on any atom is -0.480 e. The topological polar surface area (TPSA) is 136 Å². The second kappa shape index (κ2) is 11.2. The van der Waals surface area contributed by atoms with Gasteiger partial charge in [0.1, 0.15) is 12.1 Å². The van der Waals surface area contributed by atoms with Crippen molar-refractivity contribution in [3.63, 3.8) is 0 Å². The molecular weight excluding hydrogens is 552 g/mol. The average molecular weight is 590 g/mol. The Kier molecular flexibility index (Phi) is 8.10. The Labute approximate surface area is 250 Å². The SMILES string of the molecule is COC(=O)c1c[n+](CC(=O)O)cc2c1C(C(C)(C)C)=C/C2=C\c1cc(C(C)(C)C)c2cn(CC(=O)O)cc(C(=O)OC)c1-2. The molecule has 43 heavy (non-hydrogen) atoms. The smallest absolute Gasteiger partial charge is 0.370 e. The molecule has 1 aromatic heterocycles. The van der Waals surface area contributed by atoms with Crippen LogP contribution >= 0.6 is 0 Å². The Morgan fingerprint density at radius 1 is 0.837 bits per heavy atom. The minimum absolute atomic E-state index is 0.214. The van der Waals surface area contributed by atoms with Gasteiger partial charge in [-0.3, -0.25) is 4.79 Å². The molecule has 0 aromatic carbocycles. The molecule has 0 amide bonds. The van der Waals surface area contributed by atoms with Crippen LogP contribution < -0.4 is 4.57 Å². The van der Waals surface area contributed by atoms with Crippen LogP contribution in [0.4, 0.5) is 0 Å². The number of rotatable bonds is 7. The lowest BCUT2D eigenvalue weighted by Crippen LogP contribution is -2.39. The molecule has 10 heteroatoms. The molecular formula is C33H37N2O8+. The Hall–Kier alpha value is -4.73. The maximum atomic E-state index is 13.1. The molecule has 0 saturated carbocycles. The summed E-state index contributed by atoms with van der Waals surface area (Å²) in [6.45, 7) is 11.5. The monoisotopic (exact) mass is 589 g/mol. The zero-order valence-corrected chi connectivity index (χ0v) is 25.7. The van der Waals surface area contributed by atoms with Gasteiger partial charge in [-0.25, -0.2) is 14.4 Å². The number of esters is 2. The molecule has 1 aliphatic heterocycles. The predicted molar refractivity (Wildman–Crippen MR) is 160 cm³/mol. The standard InChI is InChI=1S/C33H36N2O8/c1-32(2,3)24-11-19(28-21(24)13-35(17-27(38)39)14-22(28)30(40)42-7)9-18-10-25(33(4,5)6)29-20(18)12-34(16-26(36)37)15-23(29)31(41)43-8/h9-15H,16-17H2,1-8H3,(H-,36,37,38,39)/p+1. The summed E-state index contributed by atoms with van der Waals surface area (Å²) < 4.78 is 13.1. The Morgan fingerprint density at radius 2 is 1.47 bits per heavy atom. The van der Waals surface area contributed by atoms with Gasteiger partial charge in [-0.05, 0) is 51.3 Å². The van der Waals surface area contributed by atoms with Crippen molar-refractivity contribution in [2.24, 2.45) is 5.41 Å². The largest absolute Gasteiger partial charge is 0.480 e. The number of ether oxygens (including phenoxy) is 2. The van der Waals surface area contributed by atoms with Gasteiger partial charge in [0.2, 0.25) is 6.54 Å². The highest BCUT2D eigenvalue weighted by Gasteiger charge is 2.36. The van der Waals surface area contributed by atoms with Gasteiger partial charge in [-0.15, -0.1) is 0 Å². The van der Waals surface area contributed by atoms with Crippen LogP contribution in [-0.4, -0.2) is 52.9 Å². The second-order valence-electron chi connectivity index (χ2n) is 12.7. The number of pyridine rings is 2. The minimum atomic E-state index is -1.07. The van der Waals surface area contributed by atoms with E-state index in [1.54, 1.807) is 12.4 Å². The molecule has 2 heterocycles. The van der Waals surface area contributed by atoms with Crippen LogP contribution in [0.1, 0.15) is 84.5 Å². The highest BCUT2D eigenvalue weighted by atomic mass is 16.5. The number of carboxylic acid groups (broad SMARTS) is 2. The van der Waals surface area contributed by atoms with Gasteiger partial charge in [0, 0.05) is 29.1 Å². The molecule has 2 N–H and O–H groups in total. The van der Waals surface area contributed by atoms with E-state index in [1.807, 2.05) is 59.8 Å². The Balaban J connectivity index is 2.11. The van der Waals surface area contributed by atoms with E-state index >= 15 is 0 Å². The number of hydrogen-bond donors (Lipinski definition) is 2. The maximum Gasteiger partial charge on any atom is 0.370 e. The Bertz CT molecular complexity index is 1690. The van der Waals surface area contributed by atoms with Gasteiger partial charge in [-0.2, -0.15) is 4.57 Å². The van der Waals surface area contributed by atoms with E-state index in [9.17, 15) is 29.4 Å². The van der Waals surface area contributed by atoms with Crippen LogP contribution in [0.3, 0.4) is 0 Å². The normalized spacial score (nSPS) is 14.0. The van der Waals surface area contributed by atoms with Gasteiger partial charge in [0.05, 0.1) is 25.3 Å². The van der Waals surface area contributed by atoms with Crippen LogP contribution in [0.2, 0.25) is 0 Å². The molecule has 0 atom stereocenters. The lowest BCUT2D eigenvalue weighted by atomic mass is 9.82. The van der Waals surface area contributed by atoms with E-state index < -0.39 is 29.3 Å². The van der Waals surface area contributed by atoms with E-state index in [2.05, 4.69) is 0 Å². The van der Waals surface area contributed by atoms with E-state index in [4.69, 9.17) is 9.47 Å². The highest BCUT2D eigenvalue weighted by Crippen LogP contribution is 2.48. The van der Waals surface area contributed by atoms with E-state index in [1.165, 1.54) is 35.7 Å². The molecule has 1 aromatic rings. The second-order valence-corrected chi connectivity index (χ2v) is 12.7. The van der Waals surface area contributed by atoms with Crippen molar-refractivity contribution in [3.8, 4) is 11.1 Å². The van der Waals surface area contributed by atoms with Crippen LogP contribution in [0.25, 0.3) is 28.3 Å². The number of carbonyl (C=O) groups is 4. The van der Waals surface area contributed by atoms with Crippen LogP contribution in [-0.2, 0) is 37.6 Å². The summed E-state index contributed by atoms with van der Waals surface area (Å²) in [4.78, 5) is 49.2. The number of allylic oxidation sites excluding steroid dienone is 3. The number of methoxy groups -OCH3 is 2. The molecule has 0 radical (unpaired) electrons. The predicted octanol–water partition coefficient (Wildman–Crippen LogP) is 4.90. The summed E-state index contributed by atoms with van der Waals surface area (Å²) in [5.74, 6) is -3.31. The van der Waals surface area contributed by atoms with Crippen LogP contribution in [0, 0.1) is 5.41 Å². The van der Waals surface area contributed by atoms with Crippen LogP contribution in [0.15, 0.2) is 36.9 Å². The summed E-state index contributed by atoms with van der Waals surface area (Å²) >= 11 is 0. The molecule has 3 aliphatic rings. The summed E-state index contributed by atoms with van der Waals surface area (Å²) in [5.41, 5.74) is 5.52. The molecule has 0 spiro atoms. The number of carbonyl (C=O) groups excluding carboxylic acids is 2. The van der Waals surface area contributed by atoms with Gasteiger partial charge >= 0.3 is 23.9 Å². The zero-order chi connectivity index (χ0) is 32.0. The number of carboxylic acids is 2. The third kappa shape index (κ3) is 6.09. The number of fused-ring (bicyclic) bond motifs is 2. The Morgan fingerprint density at radius 3 is 2.00 bits per heavy atom. The fourth-order valence-electron chi connectivity index (χ4n) is 5.56. The number of hydrogen-bond acceptors (Lipinski definition) is 6. The molecule has 4 rings (SSSR count). The van der Waals surface area contributed by atoms with Gasteiger partial charge < -0.3 is 24.3 Å².